The Hall–Kier alpha value is -3.15. The predicted octanol–water partition coefficient (Wildman–Crippen LogP) is 2.56. The van der Waals surface area contributed by atoms with Gasteiger partial charge in [-0.15, -0.1) is 0 Å². The van der Waals surface area contributed by atoms with Gasteiger partial charge in [0.1, 0.15) is 11.9 Å². The van der Waals surface area contributed by atoms with E-state index < -0.39 is 17.7 Å². The number of aromatic nitrogens is 5. The van der Waals surface area contributed by atoms with Crippen molar-refractivity contribution in [2.24, 2.45) is 0 Å². The molecule has 4 N–H and O–H groups in total. The molecule has 0 spiro atoms. The number of hydrogen-bond acceptors (Lipinski definition) is 9. The summed E-state index contributed by atoms with van der Waals surface area (Å²) in [5.74, 6) is -1.93. The predicted molar refractivity (Wildman–Crippen MR) is 107 cm³/mol. The van der Waals surface area contributed by atoms with Crippen LogP contribution >= 0.6 is 0 Å². The number of fused-ring (bicyclic) bond motifs is 1. The highest BCUT2D eigenvalue weighted by Gasteiger charge is 2.25. The van der Waals surface area contributed by atoms with Crippen LogP contribution in [-0.2, 0) is 4.84 Å². The van der Waals surface area contributed by atoms with Crippen LogP contribution in [0.4, 0.5) is 22.0 Å². The van der Waals surface area contributed by atoms with Crippen LogP contribution in [0.5, 0.6) is 0 Å². The number of rotatable bonds is 6. The Bertz CT molecular complexity index is 1090. The molecule has 158 valence electrons. The Labute approximate surface area is 171 Å². The van der Waals surface area contributed by atoms with E-state index in [4.69, 9.17) is 4.84 Å². The summed E-state index contributed by atoms with van der Waals surface area (Å²) in [6.45, 7) is 2.86. The molecule has 3 aromatic rings. The van der Waals surface area contributed by atoms with Crippen molar-refractivity contribution in [1.82, 2.24) is 24.6 Å². The molecule has 1 aliphatic rings. The van der Waals surface area contributed by atoms with Gasteiger partial charge in [0.15, 0.2) is 11.6 Å². The highest BCUT2D eigenvalue weighted by atomic mass is 19.1. The number of halogens is 1. The van der Waals surface area contributed by atoms with E-state index >= 15 is 0 Å². The van der Waals surface area contributed by atoms with E-state index in [0.29, 0.717) is 24.9 Å². The molecule has 3 heterocycles. The summed E-state index contributed by atoms with van der Waals surface area (Å²) in [4.78, 5) is 17.9. The zero-order chi connectivity index (χ0) is 21.3. The first kappa shape index (κ1) is 20.1. The summed E-state index contributed by atoms with van der Waals surface area (Å²) < 4.78 is 16.2. The normalized spacial score (nSPS) is 17.4. The minimum Gasteiger partial charge on any atom is -0.386 e. The average molecular weight is 415 g/mol. The van der Waals surface area contributed by atoms with Gasteiger partial charge < -0.3 is 15.5 Å². The second-order valence-electron chi connectivity index (χ2n) is 7.43. The minimum absolute atomic E-state index is 0.0181. The van der Waals surface area contributed by atoms with Gasteiger partial charge in [-0.3, -0.25) is 0 Å². The van der Waals surface area contributed by atoms with Crippen molar-refractivity contribution < 1.29 is 19.4 Å². The van der Waals surface area contributed by atoms with E-state index in [1.807, 2.05) is 12.1 Å². The summed E-state index contributed by atoms with van der Waals surface area (Å²) in [6, 6.07) is 5.48. The fourth-order valence-electron chi connectivity index (χ4n) is 3.05. The maximum absolute atomic E-state index is 14.5. The van der Waals surface area contributed by atoms with Gasteiger partial charge in [-0.25, -0.2) is 19.2 Å². The molecule has 10 nitrogen and oxygen atoms in total. The van der Waals surface area contributed by atoms with Gasteiger partial charge in [-0.1, -0.05) is 0 Å². The van der Waals surface area contributed by atoms with Crippen molar-refractivity contribution in [3.63, 3.8) is 0 Å². The van der Waals surface area contributed by atoms with Gasteiger partial charge in [-0.05, 0) is 51.3 Å². The first-order valence-corrected chi connectivity index (χ1v) is 9.48. The molecule has 0 bridgehead atoms. The molecule has 0 radical (unpaired) electrons. The SMILES string of the molecule is CC(C)(O)ONc1nc(Nc2ccn3nccc3c2)nc(C2=C(F)C(O)CCC2)n1. The highest BCUT2D eigenvalue weighted by molar-refractivity contribution is 5.67. The van der Waals surface area contributed by atoms with Crippen LogP contribution < -0.4 is 10.8 Å². The lowest BCUT2D eigenvalue weighted by Crippen LogP contribution is -2.27. The highest BCUT2D eigenvalue weighted by Crippen LogP contribution is 2.32. The van der Waals surface area contributed by atoms with E-state index in [1.54, 1.807) is 23.0 Å². The lowest BCUT2D eigenvalue weighted by Gasteiger charge is -2.20. The van der Waals surface area contributed by atoms with E-state index in [-0.39, 0.29) is 23.3 Å². The number of pyridine rings is 1. The van der Waals surface area contributed by atoms with Crippen LogP contribution in [0.15, 0.2) is 36.4 Å². The maximum atomic E-state index is 14.5. The molecular formula is C19H22FN7O3. The Balaban J connectivity index is 1.70. The van der Waals surface area contributed by atoms with E-state index in [0.717, 1.165) is 5.52 Å². The van der Waals surface area contributed by atoms with Crippen LogP contribution in [0.25, 0.3) is 11.1 Å². The van der Waals surface area contributed by atoms with E-state index in [1.165, 1.54) is 13.8 Å². The summed E-state index contributed by atoms with van der Waals surface area (Å²) >= 11 is 0. The standard InChI is InChI=1S/C19H22FN7O3/c1-19(2,29)30-26-18-24-16(13-4-3-5-14(28)15(13)20)23-17(25-18)22-11-7-9-27-12(10-11)6-8-21-27/h6-10,14,28-29H,3-5H2,1-2H3,(H2,22,23,24,25,26). The third kappa shape index (κ3) is 4.53. The van der Waals surface area contributed by atoms with Gasteiger partial charge in [-0.2, -0.15) is 20.1 Å². The third-order valence-corrected chi connectivity index (χ3v) is 4.44. The molecule has 1 atom stereocenters. The van der Waals surface area contributed by atoms with Crippen LogP contribution in [-0.4, -0.2) is 46.7 Å². The first-order valence-electron chi connectivity index (χ1n) is 9.48. The van der Waals surface area contributed by atoms with Crippen molar-refractivity contribution in [3.05, 3.63) is 42.2 Å². The number of aliphatic hydroxyl groups is 2. The molecule has 0 fully saturated rings. The summed E-state index contributed by atoms with van der Waals surface area (Å²) in [5.41, 5.74) is 4.24. The molecule has 0 saturated heterocycles. The largest absolute Gasteiger partial charge is 0.386 e. The van der Waals surface area contributed by atoms with Crippen LogP contribution in [0.2, 0.25) is 0 Å². The molecule has 1 aliphatic carbocycles. The molecule has 0 saturated carbocycles. The topological polar surface area (TPSA) is 130 Å². The summed E-state index contributed by atoms with van der Waals surface area (Å²) in [7, 11) is 0. The molecule has 0 aromatic carbocycles. The molecule has 11 heteroatoms. The average Bonchev–Trinajstić information content (AvgIpc) is 3.16. The molecule has 0 amide bonds. The summed E-state index contributed by atoms with van der Waals surface area (Å²) in [5, 5.41) is 26.9. The quantitative estimate of drug-likeness (QED) is 0.354. The van der Waals surface area contributed by atoms with Crippen molar-refractivity contribution >= 4 is 28.7 Å². The van der Waals surface area contributed by atoms with Crippen LogP contribution in [0, 0.1) is 0 Å². The van der Waals surface area contributed by atoms with Crippen molar-refractivity contribution in [1.29, 1.82) is 0 Å². The van der Waals surface area contributed by atoms with Gasteiger partial charge in [0.05, 0.1) is 5.52 Å². The number of allylic oxidation sites excluding steroid dienone is 1. The monoisotopic (exact) mass is 415 g/mol. The lowest BCUT2D eigenvalue weighted by atomic mass is 9.96. The number of aliphatic hydroxyl groups excluding tert-OH is 1. The van der Waals surface area contributed by atoms with Crippen LogP contribution in [0.1, 0.15) is 38.9 Å². The number of anilines is 3. The molecule has 0 aliphatic heterocycles. The maximum Gasteiger partial charge on any atom is 0.252 e. The molecule has 30 heavy (non-hydrogen) atoms. The number of nitrogens with one attached hydrogen (secondary N) is 2. The van der Waals surface area contributed by atoms with Crippen molar-refractivity contribution in [3.8, 4) is 0 Å². The Morgan fingerprint density at radius 1 is 1.23 bits per heavy atom. The number of hydrogen-bond donors (Lipinski definition) is 4. The summed E-state index contributed by atoms with van der Waals surface area (Å²) in [6.07, 6.45) is 3.63. The molecular weight excluding hydrogens is 393 g/mol. The lowest BCUT2D eigenvalue weighted by molar-refractivity contribution is -0.156. The van der Waals surface area contributed by atoms with E-state index in [2.05, 4.69) is 30.8 Å². The van der Waals surface area contributed by atoms with Crippen molar-refractivity contribution in [2.75, 3.05) is 10.8 Å². The molecule has 4 rings (SSSR count). The fraction of sp³-hybridized carbons (Fsp3) is 0.368. The van der Waals surface area contributed by atoms with Gasteiger partial charge in [0.2, 0.25) is 5.95 Å². The van der Waals surface area contributed by atoms with Gasteiger partial charge in [0, 0.05) is 23.7 Å². The second kappa shape index (κ2) is 7.94. The minimum atomic E-state index is -1.49. The van der Waals surface area contributed by atoms with Crippen molar-refractivity contribution in [2.45, 2.75) is 45.0 Å². The van der Waals surface area contributed by atoms with Gasteiger partial charge >= 0.3 is 0 Å². The zero-order valence-electron chi connectivity index (χ0n) is 16.5. The van der Waals surface area contributed by atoms with Crippen LogP contribution in [0.3, 0.4) is 0 Å². The smallest absolute Gasteiger partial charge is 0.252 e. The molecule has 1 unspecified atom stereocenters. The zero-order valence-corrected chi connectivity index (χ0v) is 16.5. The van der Waals surface area contributed by atoms with Gasteiger partial charge in [0.25, 0.3) is 5.95 Å². The Morgan fingerprint density at radius 3 is 2.83 bits per heavy atom. The Kier molecular flexibility index (Phi) is 5.33. The third-order valence-electron chi connectivity index (χ3n) is 4.44. The molecule has 3 aromatic heterocycles. The Morgan fingerprint density at radius 2 is 2.03 bits per heavy atom. The second-order valence-corrected chi connectivity index (χ2v) is 7.43. The fourth-order valence-corrected chi connectivity index (χ4v) is 3.05. The van der Waals surface area contributed by atoms with E-state index in [9.17, 15) is 14.6 Å². The first-order chi connectivity index (χ1) is 14.3. The number of nitrogens with zero attached hydrogens (tertiary/aromatic N) is 5.